The van der Waals surface area contributed by atoms with Crippen LogP contribution in [0, 0.1) is 0 Å². The number of ether oxygens (including phenoxy) is 1. The first-order valence-electron chi connectivity index (χ1n) is 7.60. The van der Waals surface area contributed by atoms with Gasteiger partial charge >= 0.3 is 12.2 Å². The van der Waals surface area contributed by atoms with Gasteiger partial charge in [0.1, 0.15) is 5.75 Å². The molecule has 138 valence electrons. The number of amides is 3. The summed E-state index contributed by atoms with van der Waals surface area (Å²) in [5.74, 6) is 0.201. The molecule has 0 spiro atoms. The fraction of sp³-hybridized carbons (Fsp3) is 0.467. The van der Waals surface area contributed by atoms with Crippen molar-refractivity contribution in [3.63, 3.8) is 0 Å². The Balaban J connectivity index is 1.71. The molecule has 0 saturated carbocycles. The van der Waals surface area contributed by atoms with Gasteiger partial charge in [0.25, 0.3) is 5.91 Å². The Bertz CT molecular complexity index is 637. The zero-order valence-corrected chi connectivity index (χ0v) is 13.6. The average molecular weight is 360 g/mol. The highest BCUT2D eigenvalue weighted by atomic mass is 19.4. The van der Waals surface area contributed by atoms with Crippen LogP contribution < -0.4 is 20.7 Å². The number of anilines is 2. The molecule has 0 atom stereocenters. The number of halogens is 3. The van der Waals surface area contributed by atoms with Crippen molar-refractivity contribution in [3.05, 3.63) is 18.2 Å². The largest absolute Gasteiger partial charge is 0.482 e. The molecule has 3 N–H and O–H groups in total. The maximum atomic E-state index is 12.2. The second kappa shape index (κ2) is 8.06. The lowest BCUT2D eigenvalue weighted by Gasteiger charge is -2.19. The summed E-state index contributed by atoms with van der Waals surface area (Å²) in [6, 6.07) is 4.31. The zero-order valence-electron chi connectivity index (χ0n) is 13.6. The molecule has 0 aliphatic carbocycles. The van der Waals surface area contributed by atoms with E-state index in [0.717, 1.165) is 4.90 Å². The number of hydrogen-bond acceptors (Lipinski definition) is 4. The number of urea groups is 1. The monoisotopic (exact) mass is 360 g/mol. The molecule has 10 heteroatoms. The van der Waals surface area contributed by atoms with Crippen LogP contribution in [0.15, 0.2) is 18.2 Å². The summed E-state index contributed by atoms with van der Waals surface area (Å²) < 4.78 is 41.8. The molecule has 3 amide bonds. The molecule has 2 rings (SSSR count). The highest BCUT2D eigenvalue weighted by molar-refractivity contribution is 5.96. The molecule has 1 aromatic rings. The molecule has 0 aromatic heterocycles. The number of carbonyl (C=O) groups excluding carboxylic acids is 2. The first kappa shape index (κ1) is 18.8. The van der Waals surface area contributed by atoms with Crippen LogP contribution in [0.2, 0.25) is 0 Å². The standard InChI is InChI=1S/C15H19F3N4O3/c1-22(9-15(16,17)18)6-2-5-19-14(24)20-10-3-4-11-12(7-10)25-8-13(23)21-11/h3-4,7H,2,5-6,8-9H2,1H3,(H,21,23)(H2,19,20,24). The van der Waals surface area contributed by atoms with Crippen molar-refractivity contribution in [2.45, 2.75) is 12.6 Å². The van der Waals surface area contributed by atoms with Gasteiger partial charge in [0.2, 0.25) is 0 Å². The van der Waals surface area contributed by atoms with Gasteiger partial charge in [-0.05, 0) is 32.1 Å². The van der Waals surface area contributed by atoms with Crippen molar-refractivity contribution in [1.82, 2.24) is 10.2 Å². The molecule has 1 aliphatic heterocycles. The van der Waals surface area contributed by atoms with Crippen molar-refractivity contribution in [2.75, 3.05) is 43.9 Å². The number of rotatable bonds is 6. The van der Waals surface area contributed by atoms with Crippen LogP contribution in [0.5, 0.6) is 5.75 Å². The molecule has 1 aromatic carbocycles. The quantitative estimate of drug-likeness (QED) is 0.678. The van der Waals surface area contributed by atoms with E-state index in [1.54, 1.807) is 18.2 Å². The highest BCUT2D eigenvalue weighted by Crippen LogP contribution is 2.30. The first-order chi connectivity index (χ1) is 11.7. The predicted octanol–water partition coefficient (Wildman–Crippen LogP) is 2.02. The second-order valence-electron chi connectivity index (χ2n) is 5.64. The summed E-state index contributed by atoms with van der Waals surface area (Å²) in [6.07, 6.45) is -3.84. The van der Waals surface area contributed by atoms with E-state index in [4.69, 9.17) is 4.74 Å². The summed E-state index contributed by atoms with van der Waals surface area (Å²) in [5.41, 5.74) is 0.997. The Morgan fingerprint density at radius 1 is 1.40 bits per heavy atom. The molecule has 0 fully saturated rings. The minimum Gasteiger partial charge on any atom is -0.482 e. The number of benzene rings is 1. The van der Waals surface area contributed by atoms with Crippen LogP contribution in [0.4, 0.5) is 29.3 Å². The SMILES string of the molecule is CN(CCCNC(=O)Nc1ccc2c(c1)OCC(=O)N2)CC(F)(F)F. The van der Waals surface area contributed by atoms with E-state index < -0.39 is 18.8 Å². The molecule has 1 aliphatic rings. The van der Waals surface area contributed by atoms with Crippen LogP contribution in [-0.4, -0.2) is 56.3 Å². The fourth-order valence-corrected chi connectivity index (χ4v) is 2.26. The lowest BCUT2D eigenvalue weighted by Crippen LogP contribution is -2.35. The van der Waals surface area contributed by atoms with E-state index in [2.05, 4.69) is 16.0 Å². The summed E-state index contributed by atoms with van der Waals surface area (Å²) in [7, 11) is 1.37. The Morgan fingerprint density at radius 3 is 2.88 bits per heavy atom. The molecular formula is C15H19F3N4O3. The zero-order chi connectivity index (χ0) is 18.4. The third-order valence-corrected chi connectivity index (χ3v) is 3.32. The summed E-state index contributed by atoms with van der Waals surface area (Å²) >= 11 is 0. The molecule has 7 nitrogen and oxygen atoms in total. The van der Waals surface area contributed by atoms with E-state index in [1.165, 1.54) is 7.05 Å². The lowest BCUT2D eigenvalue weighted by molar-refractivity contribution is -0.143. The first-order valence-corrected chi connectivity index (χ1v) is 7.60. The third kappa shape index (κ3) is 6.49. The third-order valence-electron chi connectivity index (χ3n) is 3.32. The maximum absolute atomic E-state index is 12.2. The van der Waals surface area contributed by atoms with E-state index in [9.17, 15) is 22.8 Å². The molecular weight excluding hydrogens is 341 g/mol. The van der Waals surface area contributed by atoms with Crippen LogP contribution in [0.3, 0.4) is 0 Å². The Kier molecular flexibility index (Phi) is 6.07. The minimum absolute atomic E-state index is 0.0892. The van der Waals surface area contributed by atoms with Gasteiger partial charge < -0.3 is 20.7 Å². The molecule has 25 heavy (non-hydrogen) atoms. The van der Waals surface area contributed by atoms with Gasteiger partial charge in [-0.1, -0.05) is 0 Å². The summed E-state index contributed by atoms with van der Waals surface area (Å²) in [6.45, 7) is -0.614. The van der Waals surface area contributed by atoms with E-state index in [1.807, 2.05) is 0 Å². The van der Waals surface area contributed by atoms with E-state index in [0.29, 0.717) is 23.5 Å². The topological polar surface area (TPSA) is 82.7 Å². The van der Waals surface area contributed by atoms with Gasteiger partial charge in [-0.3, -0.25) is 9.69 Å². The molecule has 0 unspecified atom stereocenters. The highest BCUT2D eigenvalue weighted by Gasteiger charge is 2.28. The van der Waals surface area contributed by atoms with E-state index in [-0.39, 0.29) is 25.6 Å². The lowest BCUT2D eigenvalue weighted by atomic mass is 10.2. The van der Waals surface area contributed by atoms with Gasteiger partial charge in [0.05, 0.1) is 12.2 Å². The van der Waals surface area contributed by atoms with Crippen LogP contribution in [0.25, 0.3) is 0 Å². The van der Waals surface area contributed by atoms with Crippen molar-refractivity contribution in [3.8, 4) is 5.75 Å². The average Bonchev–Trinajstić information content (AvgIpc) is 2.50. The number of nitrogens with zero attached hydrogens (tertiary/aromatic N) is 1. The maximum Gasteiger partial charge on any atom is 0.401 e. The van der Waals surface area contributed by atoms with Crippen molar-refractivity contribution in [2.24, 2.45) is 0 Å². The van der Waals surface area contributed by atoms with Crippen LogP contribution in [-0.2, 0) is 4.79 Å². The number of hydrogen-bond donors (Lipinski definition) is 3. The van der Waals surface area contributed by atoms with Gasteiger partial charge in [-0.15, -0.1) is 0 Å². The van der Waals surface area contributed by atoms with E-state index >= 15 is 0 Å². The van der Waals surface area contributed by atoms with Crippen molar-refractivity contribution in [1.29, 1.82) is 0 Å². The summed E-state index contributed by atoms with van der Waals surface area (Å²) in [4.78, 5) is 24.1. The normalized spacial score (nSPS) is 13.7. The number of carbonyl (C=O) groups is 2. The van der Waals surface area contributed by atoms with Gasteiger partial charge in [-0.2, -0.15) is 13.2 Å². The smallest absolute Gasteiger partial charge is 0.401 e. The Hall–Kier alpha value is -2.49. The summed E-state index contributed by atoms with van der Waals surface area (Å²) in [5, 5.41) is 7.79. The minimum atomic E-state index is -4.23. The predicted molar refractivity (Wildman–Crippen MR) is 85.8 cm³/mol. The second-order valence-corrected chi connectivity index (χ2v) is 5.64. The Labute approximate surface area is 142 Å². The fourth-order valence-electron chi connectivity index (χ4n) is 2.26. The van der Waals surface area contributed by atoms with Gasteiger partial charge in [-0.25, -0.2) is 4.79 Å². The van der Waals surface area contributed by atoms with Crippen LogP contribution >= 0.6 is 0 Å². The Morgan fingerprint density at radius 2 is 2.16 bits per heavy atom. The molecule has 0 radical (unpaired) electrons. The number of fused-ring (bicyclic) bond motifs is 1. The van der Waals surface area contributed by atoms with Gasteiger partial charge in [0.15, 0.2) is 6.61 Å². The van der Waals surface area contributed by atoms with Gasteiger partial charge in [0, 0.05) is 18.3 Å². The number of alkyl halides is 3. The van der Waals surface area contributed by atoms with Crippen molar-refractivity contribution < 1.29 is 27.5 Å². The molecule has 0 saturated heterocycles. The number of nitrogens with one attached hydrogen (secondary N) is 3. The molecule has 0 bridgehead atoms. The van der Waals surface area contributed by atoms with Crippen molar-refractivity contribution >= 4 is 23.3 Å². The van der Waals surface area contributed by atoms with Crippen LogP contribution in [0.1, 0.15) is 6.42 Å². The molecule has 1 heterocycles.